The minimum Gasteiger partial charge on any atom is -0.272 e. The monoisotopic (exact) mass is 242 g/mol. The summed E-state index contributed by atoms with van der Waals surface area (Å²) in [4.78, 5) is 23.2. The quantitative estimate of drug-likeness (QED) is 0.677. The Labute approximate surface area is 101 Å². The molecule has 0 fully saturated rings. The molecule has 0 radical (unpaired) electrons. The summed E-state index contributed by atoms with van der Waals surface area (Å²) in [7, 11) is 0. The number of fused-ring (bicyclic) bond motifs is 1. The summed E-state index contributed by atoms with van der Waals surface area (Å²) in [5, 5.41) is 8.71. The van der Waals surface area contributed by atoms with Gasteiger partial charge in [-0.25, -0.2) is 0 Å². The molecule has 3 rings (SSSR count). The first-order valence-electron chi connectivity index (χ1n) is 5.47. The van der Waals surface area contributed by atoms with E-state index in [1.807, 2.05) is 30.3 Å². The van der Waals surface area contributed by atoms with Crippen LogP contribution in [0.25, 0.3) is 0 Å². The van der Waals surface area contributed by atoms with Gasteiger partial charge in [-0.1, -0.05) is 30.3 Å². The van der Waals surface area contributed by atoms with E-state index in [-0.39, 0.29) is 16.8 Å². The van der Waals surface area contributed by atoms with Crippen molar-refractivity contribution in [3.63, 3.8) is 0 Å². The molecule has 90 valence electrons. The Balaban J connectivity index is 2.08. The second-order valence-electron chi connectivity index (χ2n) is 3.97. The zero-order valence-corrected chi connectivity index (χ0v) is 9.36. The van der Waals surface area contributed by atoms with Gasteiger partial charge >= 0.3 is 0 Å². The number of hydrogen-bond donors (Lipinski definition) is 3. The molecule has 0 saturated heterocycles. The van der Waals surface area contributed by atoms with Crippen molar-refractivity contribution < 1.29 is 0 Å². The van der Waals surface area contributed by atoms with Crippen molar-refractivity contribution in [1.29, 1.82) is 0 Å². The van der Waals surface area contributed by atoms with E-state index in [0.717, 1.165) is 11.3 Å². The number of nitrogens with one attached hydrogen (secondary N) is 3. The molecule has 0 amide bonds. The standard InChI is InChI=1S/C12H10N4O2/c17-11-8-6-9(7-4-2-1-3-5-7)13-14-10(8)12(18)16-15-11/h1-5,14H,6H2,(H,15,17)(H,16,18). The summed E-state index contributed by atoms with van der Waals surface area (Å²) < 4.78 is 0. The van der Waals surface area contributed by atoms with Gasteiger partial charge in [-0.3, -0.25) is 25.2 Å². The van der Waals surface area contributed by atoms with Crippen LogP contribution in [0.3, 0.4) is 0 Å². The third-order valence-corrected chi connectivity index (χ3v) is 2.85. The lowest BCUT2D eigenvalue weighted by molar-refractivity contribution is 0.917. The fraction of sp³-hybridized carbons (Fsp3) is 0.0833. The van der Waals surface area contributed by atoms with E-state index in [1.54, 1.807) is 0 Å². The molecule has 0 saturated carbocycles. The number of H-pyrrole nitrogens is 2. The second kappa shape index (κ2) is 3.99. The summed E-state index contributed by atoms with van der Waals surface area (Å²) in [5.41, 5.74) is 4.26. The van der Waals surface area contributed by atoms with Crippen LogP contribution >= 0.6 is 0 Å². The van der Waals surface area contributed by atoms with E-state index >= 15 is 0 Å². The maximum atomic E-state index is 11.7. The molecule has 0 aliphatic carbocycles. The zero-order valence-electron chi connectivity index (χ0n) is 9.36. The van der Waals surface area contributed by atoms with Crippen molar-refractivity contribution >= 4 is 11.4 Å². The van der Waals surface area contributed by atoms with Crippen LogP contribution in [0.2, 0.25) is 0 Å². The Bertz CT molecular complexity index is 728. The molecule has 0 spiro atoms. The van der Waals surface area contributed by atoms with Crippen LogP contribution in [0, 0.1) is 0 Å². The molecule has 6 nitrogen and oxygen atoms in total. The summed E-state index contributed by atoms with van der Waals surface area (Å²) in [5.74, 6) is 0. The average Bonchev–Trinajstić information content (AvgIpc) is 2.44. The molecule has 0 atom stereocenters. The summed E-state index contributed by atoms with van der Waals surface area (Å²) in [6, 6.07) is 9.52. The van der Waals surface area contributed by atoms with Crippen molar-refractivity contribution in [3.05, 3.63) is 62.2 Å². The van der Waals surface area contributed by atoms with Gasteiger partial charge in [0.25, 0.3) is 11.1 Å². The van der Waals surface area contributed by atoms with Gasteiger partial charge in [0.15, 0.2) is 0 Å². The van der Waals surface area contributed by atoms with Crippen molar-refractivity contribution in [2.75, 3.05) is 5.43 Å². The number of nitrogens with zero attached hydrogens (tertiary/aromatic N) is 1. The fourth-order valence-corrected chi connectivity index (χ4v) is 1.92. The van der Waals surface area contributed by atoms with Gasteiger partial charge < -0.3 is 0 Å². The molecule has 0 unspecified atom stereocenters. The fourth-order valence-electron chi connectivity index (χ4n) is 1.92. The van der Waals surface area contributed by atoms with Crippen molar-refractivity contribution in [2.24, 2.45) is 5.10 Å². The van der Waals surface area contributed by atoms with Crippen molar-refractivity contribution in [2.45, 2.75) is 6.42 Å². The predicted molar refractivity (Wildman–Crippen MR) is 68.0 cm³/mol. The average molecular weight is 242 g/mol. The van der Waals surface area contributed by atoms with Gasteiger partial charge in [0.05, 0.1) is 11.3 Å². The van der Waals surface area contributed by atoms with Gasteiger partial charge in [-0.15, -0.1) is 0 Å². The topological polar surface area (TPSA) is 90.1 Å². The van der Waals surface area contributed by atoms with E-state index < -0.39 is 0 Å². The minimum absolute atomic E-state index is 0.221. The summed E-state index contributed by atoms with van der Waals surface area (Å²) in [6.45, 7) is 0. The number of hydrazone groups is 1. The normalized spacial score (nSPS) is 13.4. The molecule has 1 aliphatic rings. The molecule has 3 N–H and O–H groups in total. The highest BCUT2D eigenvalue weighted by atomic mass is 16.1. The Hall–Kier alpha value is -2.63. The molecule has 1 aliphatic heterocycles. The lowest BCUT2D eigenvalue weighted by Crippen LogP contribution is -2.31. The van der Waals surface area contributed by atoms with Crippen LogP contribution < -0.4 is 16.5 Å². The largest absolute Gasteiger partial charge is 0.288 e. The second-order valence-corrected chi connectivity index (χ2v) is 3.97. The first-order valence-corrected chi connectivity index (χ1v) is 5.47. The van der Waals surface area contributed by atoms with E-state index in [9.17, 15) is 9.59 Å². The molecular formula is C12H10N4O2. The highest BCUT2D eigenvalue weighted by Crippen LogP contribution is 2.15. The molecule has 0 bridgehead atoms. The van der Waals surface area contributed by atoms with Crippen molar-refractivity contribution in [1.82, 2.24) is 10.2 Å². The molecule has 2 heterocycles. The number of aromatic nitrogens is 2. The summed E-state index contributed by atoms with van der Waals surface area (Å²) >= 11 is 0. The van der Waals surface area contributed by atoms with E-state index in [2.05, 4.69) is 20.7 Å². The van der Waals surface area contributed by atoms with Gasteiger partial charge in [0.1, 0.15) is 5.69 Å². The van der Waals surface area contributed by atoms with Gasteiger partial charge in [-0.05, 0) is 5.56 Å². The summed E-state index contributed by atoms with van der Waals surface area (Å²) in [6.07, 6.45) is 0.339. The maximum absolute atomic E-state index is 11.7. The number of aromatic amines is 2. The number of rotatable bonds is 1. The third-order valence-electron chi connectivity index (χ3n) is 2.85. The third kappa shape index (κ3) is 1.64. The molecule has 18 heavy (non-hydrogen) atoms. The van der Waals surface area contributed by atoms with Crippen molar-refractivity contribution in [3.8, 4) is 0 Å². The first kappa shape index (κ1) is 10.5. The maximum Gasteiger partial charge on any atom is 0.288 e. The van der Waals surface area contributed by atoms with Crippen LogP contribution in [-0.4, -0.2) is 15.9 Å². The number of benzene rings is 1. The molecule has 2 aromatic rings. The lowest BCUT2D eigenvalue weighted by Gasteiger charge is -2.15. The van der Waals surface area contributed by atoms with Gasteiger partial charge in [0.2, 0.25) is 0 Å². The Morgan fingerprint density at radius 2 is 1.72 bits per heavy atom. The minimum atomic E-state index is -0.375. The highest BCUT2D eigenvalue weighted by molar-refractivity contribution is 6.03. The zero-order chi connectivity index (χ0) is 12.5. The first-order chi connectivity index (χ1) is 8.75. The molecule has 1 aromatic heterocycles. The number of hydrogen-bond acceptors (Lipinski definition) is 4. The van der Waals surface area contributed by atoms with Gasteiger partial charge in [0, 0.05) is 6.42 Å². The van der Waals surface area contributed by atoms with Crippen LogP contribution in [-0.2, 0) is 6.42 Å². The Morgan fingerprint density at radius 3 is 2.50 bits per heavy atom. The van der Waals surface area contributed by atoms with Crippen LogP contribution in [0.1, 0.15) is 11.1 Å². The van der Waals surface area contributed by atoms with E-state index in [1.165, 1.54) is 0 Å². The van der Waals surface area contributed by atoms with E-state index in [4.69, 9.17) is 0 Å². The predicted octanol–water partition coefficient (Wildman–Crippen LogP) is 0.435. The number of anilines is 1. The van der Waals surface area contributed by atoms with Crippen LogP contribution in [0.4, 0.5) is 5.69 Å². The molecule has 1 aromatic carbocycles. The van der Waals surface area contributed by atoms with Gasteiger partial charge in [-0.2, -0.15) is 5.10 Å². The molecular weight excluding hydrogens is 232 g/mol. The SMILES string of the molecule is O=c1[nH][nH]c(=O)c2c1CC(c1ccccc1)=NN2. The van der Waals surface area contributed by atoms with Crippen LogP contribution in [0.5, 0.6) is 0 Å². The van der Waals surface area contributed by atoms with E-state index in [0.29, 0.717) is 12.0 Å². The Morgan fingerprint density at radius 1 is 1.00 bits per heavy atom. The molecule has 6 heteroatoms. The lowest BCUT2D eigenvalue weighted by atomic mass is 10.0. The Kier molecular flexibility index (Phi) is 2.33. The smallest absolute Gasteiger partial charge is 0.272 e. The highest BCUT2D eigenvalue weighted by Gasteiger charge is 2.19. The van der Waals surface area contributed by atoms with Crippen LogP contribution in [0.15, 0.2) is 45.0 Å².